The number of benzene rings is 3. The van der Waals surface area contributed by atoms with Crippen LogP contribution in [0.1, 0.15) is 40.7 Å². The van der Waals surface area contributed by atoms with Crippen molar-refractivity contribution in [1.29, 1.82) is 0 Å². The molecule has 0 aromatic heterocycles. The van der Waals surface area contributed by atoms with E-state index in [-0.39, 0.29) is 12.5 Å². The quantitative estimate of drug-likeness (QED) is 0.605. The topological polar surface area (TPSA) is 75.6 Å². The molecule has 5 nitrogen and oxygen atoms in total. The van der Waals surface area contributed by atoms with Gasteiger partial charge in [-0.05, 0) is 48.6 Å². The average molecular weight is 415 g/mol. The maximum Gasteiger partial charge on any atom is 0.408 e. The molecule has 31 heavy (non-hydrogen) atoms. The van der Waals surface area contributed by atoms with Crippen molar-refractivity contribution in [3.8, 4) is 11.1 Å². The Morgan fingerprint density at radius 2 is 1.45 bits per heavy atom. The number of carbonyl (C=O) groups is 2. The zero-order valence-corrected chi connectivity index (χ0v) is 17.8. The molecule has 3 aromatic carbocycles. The number of alkyl carbamates (subject to hydrolysis) is 1. The van der Waals surface area contributed by atoms with Gasteiger partial charge in [-0.15, -0.1) is 0 Å². The highest BCUT2D eigenvalue weighted by atomic mass is 16.5. The summed E-state index contributed by atoms with van der Waals surface area (Å²) in [6, 6.07) is 21.6. The number of nitrogens with one attached hydrogen (secondary N) is 1. The van der Waals surface area contributed by atoms with E-state index in [1.807, 2.05) is 56.3 Å². The van der Waals surface area contributed by atoms with Gasteiger partial charge in [0.15, 0.2) is 5.54 Å². The SMILES string of the molecule is Cc1cc(C)cc(C(C)(NC(=O)OCC2c3ccccc3-c3ccccc32)C(=O)O)c1. The van der Waals surface area contributed by atoms with Crippen molar-refractivity contribution in [1.82, 2.24) is 5.32 Å². The molecule has 0 fully saturated rings. The van der Waals surface area contributed by atoms with Crippen molar-refractivity contribution in [3.63, 3.8) is 0 Å². The smallest absolute Gasteiger partial charge is 0.408 e. The predicted molar refractivity (Wildman–Crippen MR) is 119 cm³/mol. The Morgan fingerprint density at radius 1 is 0.935 bits per heavy atom. The number of rotatable bonds is 5. The van der Waals surface area contributed by atoms with E-state index in [4.69, 9.17) is 4.74 Å². The Kier molecular flexibility index (Phi) is 5.27. The van der Waals surface area contributed by atoms with E-state index in [0.29, 0.717) is 5.56 Å². The van der Waals surface area contributed by atoms with Crippen molar-refractivity contribution in [2.75, 3.05) is 6.61 Å². The summed E-state index contributed by atoms with van der Waals surface area (Å²) < 4.78 is 5.55. The van der Waals surface area contributed by atoms with E-state index < -0.39 is 17.6 Å². The summed E-state index contributed by atoms with van der Waals surface area (Å²) in [7, 11) is 0. The minimum atomic E-state index is -1.60. The van der Waals surface area contributed by atoms with E-state index >= 15 is 0 Å². The van der Waals surface area contributed by atoms with Crippen molar-refractivity contribution >= 4 is 12.1 Å². The Bertz CT molecular complexity index is 1100. The predicted octanol–water partition coefficient (Wildman–Crippen LogP) is 5.14. The number of carboxylic acid groups (broad SMARTS) is 1. The molecule has 3 aromatic rings. The first-order valence-corrected chi connectivity index (χ1v) is 10.2. The van der Waals surface area contributed by atoms with Crippen LogP contribution in [0.5, 0.6) is 0 Å². The first-order chi connectivity index (χ1) is 14.8. The third-order valence-corrected chi connectivity index (χ3v) is 5.92. The number of aryl methyl sites for hydroxylation is 2. The Morgan fingerprint density at radius 3 is 1.97 bits per heavy atom. The molecule has 0 radical (unpaired) electrons. The highest BCUT2D eigenvalue weighted by Crippen LogP contribution is 2.44. The van der Waals surface area contributed by atoms with Gasteiger partial charge in [-0.3, -0.25) is 0 Å². The lowest BCUT2D eigenvalue weighted by molar-refractivity contribution is -0.144. The molecule has 1 amide bonds. The van der Waals surface area contributed by atoms with Gasteiger partial charge in [-0.1, -0.05) is 77.9 Å². The minimum absolute atomic E-state index is 0.0875. The molecule has 0 bridgehead atoms. The molecule has 1 unspecified atom stereocenters. The number of ether oxygens (including phenoxy) is 1. The Balaban J connectivity index is 1.54. The van der Waals surface area contributed by atoms with Gasteiger partial charge in [0, 0.05) is 5.92 Å². The first-order valence-electron chi connectivity index (χ1n) is 10.2. The molecule has 0 saturated carbocycles. The van der Waals surface area contributed by atoms with E-state index in [9.17, 15) is 14.7 Å². The molecule has 0 aliphatic heterocycles. The second kappa shape index (κ2) is 7.91. The summed E-state index contributed by atoms with van der Waals surface area (Å²) in [5, 5.41) is 12.5. The van der Waals surface area contributed by atoms with Crippen LogP contribution in [-0.4, -0.2) is 23.8 Å². The molecule has 0 saturated heterocycles. The van der Waals surface area contributed by atoms with Crippen LogP contribution < -0.4 is 5.32 Å². The van der Waals surface area contributed by atoms with Gasteiger partial charge in [-0.2, -0.15) is 0 Å². The van der Waals surface area contributed by atoms with E-state index in [2.05, 4.69) is 17.4 Å². The van der Waals surface area contributed by atoms with E-state index in [1.165, 1.54) is 6.92 Å². The Labute approximate surface area is 181 Å². The van der Waals surface area contributed by atoms with Gasteiger partial charge in [0.25, 0.3) is 0 Å². The first kappa shape index (κ1) is 20.7. The van der Waals surface area contributed by atoms with Crippen molar-refractivity contribution in [3.05, 3.63) is 94.5 Å². The maximum atomic E-state index is 12.7. The van der Waals surface area contributed by atoms with Crippen LogP contribution in [0.15, 0.2) is 66.7 Å². The van der Waals surface area contributed by atoms with Crippen LogP contribution in [0.2, 0.25) is 0 Å². The normalized spacial score (nSPS) is 14.3. The summed E-state index contributed by atoms with van der Waals surface area (Å²) in [4.78, 5) is 24.8. The molecule has 1 aliphatic carbocycles. The summed E-state index contributed by atoms with van der Waals surface area (Å²) in [5.41, 5.74) is 5.24. The third kappa shape index (κ3) is 3.79. The monoisotopic (exact) mass is 415 g/mol. The molecule has 0 heterocycles. The second-order valence-corrected chi connectivity index (χ2v) is 8.26. The van der Waals surface area contributed by atoms with Crippen LogP contribution in [0.4, 0.5) is 4.79 Å². The van der Waals surface area contributed by atoms with Crippen molar-refractivity contribution in [2.24, 2.45) is 0 Å². The van der Waals surface area contributed by atoms with Gasteiger partial charge in [-0.25, -0.2) is 9.59 Å². The number of carbonyl (C=O) groups excluding carboxylic acids is 1. The molecule has 158 valence electrons. The highest BCUT2D eigenvalue weighted by Gasteiger charge is 2.38. The summed E-state index contributed by atoms with van der Waals surface area (Å²) in [5.74, 6) is -1.23. The van der Waals surface area contributed by atoms with E-state index in [1.54, 1.807) is 12.1 Å². The molecular weight excluding hydrogens is 390 g/mol. The number of amides is 1. The number of fused-ring (bicyclic) bond motifs is 3. The van der Waals surface area contributed by atoms with Gasteiger partial charge in [0.1, 0.15) is 6.61 Å². The van der Waals surface area contributed by atoms with Gasteiger partial charge in [0.05, 0.1) is 0 Å². The molecule has 1 atom stereocenters. The van der Waals surface area contributed by atoms with Crippen molar-refractivity contribution in [2.45, 2.75) is 32.2 Å². The molecule has 1 aliphatic rings. The van der Waals surface area contributed by atoms with Gasteiger partial charge < -0.3 is 15.2 Å². The molecule has 2 N–H and O–H groups in total. The summed E-state index contributed by atoms with van der Waals surface area (Å²) >= 11 is 0. The molecule has 5 heteroatoms. The zero-order chi connectivity index (χ0) is 22.2. The number of aliphatic carboxylic acids is 1. The average Bonchev–Trinajstić information content (AvgIpc) is 3.05. The molecular formula is C26H25NO4. The number of hydrogen-bond acceptors (Lipinski definition) is 3. The van der Waals surface area contributed by atoms with E-state index in [0.717, 1.165) is 33.4 Å². The van der Waals surface area contributed by atoms with Crippen molar-refractivity contribution < 1.29 is 19.4 Å². The highest BCUT2D eigenvalue weighted by molar-refractivity contribution is 5.85. The second-order valence-electron chi connectivity index (χ2n) is 8.26. The fourth-order valence-corrected chi connectivity index (χ4v) is 4.35. The summed E-state index contributed by atoms with van der Waals surface area (Å²) in [6.07, 6.45) is -0.758. The third-order valence-electron chi connectivity index (χ3n) is 5.92. The molecule has 0 spiro atoms. The number of hydrogen-bond donors (Lipinski definition) is 2. The lowest BCUT2D eigenvalue weighted by atomic mass is 9.90. The fraction of sp³-hybridized carbons (Fsp3) is 0.231. The van der Waals surface area contributed by atoms with Gasteiger partial charge >= 0.3 is 12.1 Å². The van der Waals surface area contributed by atoms with Gasteiger partial charge in [0.2, 0.25) is 0 Å². The maximum absolute atomic E-state index is 12.7. The molecule has 4 rings (SSSR count). The minimum Gasteiger partial charge on any atom is -0.479 e. The lowest BCUT2D eigenvalue weighted by Crippen LogP contribution is -2.50. The summed E-state index contributed by atoms with van der Waals surface area (Å²) in [6.45, 7) is 5.39. The fourth-order valence-electron chi connectivity index (χ4n) is 4.35. The van der Waals surface area contributed by atoms with Crippen LogP contribution in [0.25, 0.3) is 11.1 Å². The zero-order valence-electron chi connectivity index (χ0n) is 17.8. The largest absolute Gasteiger partial charge is 0.479 e. The standard InChI is InChI=1S/C26H25NO4/c1-16-12-17(2)14-18(13-16)26(3,24(28)29)27-25(30)31-15-23-21-10-6-4-8-19(21)20-9-5-7-11-22(20)23/h4-14,23H,15H2,1-3H3,(H,27,30)(H,28,29). The van der Waals surface area contributed by atoms with Crippen LogP contribution >= 0.6 is 0 Å². The lowest BCUT2D eigenvalue weighted by Gasteiger charge is -2.27. The van der Waals surface area contributed by atoms with Crippen LogP contribution in [-0.2, 0) is 15.1 Å². The van der Waals surface area contributed by atoms with Crippen LogP contribution in [0.3, 0.4) is 0 Å². The van der Waals surface area contributed by atoms with Crippen LogP contribution in [0, 0.1) is 13.8 Å². The Hall–Kier alpha value is -3.60. The number of carboxylic acids is 1.